The maximum Gasteiger partial charge on any atom is 0.455 e. The van der Waals surface area contributed by atoms with Gasteiger partial charge in [0.1, 0.15) is 18.1 Å². The highest BCUT2D eigenvalue weighted by molar-refractivity contribution is 5.92. The number of rotatable bonds is 4. The first-order valence-corrected chi connectivity index (χ1v) is 7.15. The van der Waals surface area contributed by atoms with Crippen molar-refractivity contribution in [1.29, 1.82) is 0 Å². The number of nitrogens with zero attached hydrogens (tertiary/aromatic N) is 4. The normalized spacial score (nSPS) is 12.8. The summed E-state index contributed by atoms with van der Waals surface area (Å²) in [6.07, 6.45) is -1.74. The summed E-state index contributed by atoms with van der Waals surface area (Å²) in [5.74, 6) is -2.31. The highest BCUT2D eigenvalue weighted by Gasteiger charge is 2.37. The molecule has 0 radical (unpaired) electrons. The van der Waals surface area contributed by atoms with Crippen LogP contribution in [0.15, 0.2) is 47.4 Å². The minimum atomic E-state index is -4.71. The third kappa shape index (κ3) is 3.67. The number of hydrogen-bond donors (Lipinski definition) is 1. The van der Waals surface area contributed by atoms with Crippen LogP contribution in [0.4, 0.5) is 13.2 Å². The largest absolute Gasteiger partial charge is 0.455 e. The first-order chi connectivity index (χ1) is 11.8. The summed E-state index contributed by atoms with van der Waals surface area (Å²) in [5, 5.41) is 5.31. The molecule has 1 N–H and O–H groups in total. The summed E-state index contributed by atoms with van der Waals surface area (Å²) in [6, 6.07) is 8.30. The Morgan fingerprint density at radius 2 is 2.00 bits per heavy atom. The number of hydrogen-bond acceptors (Lipinski definition) is 5. The monoisotopic (exact) mass is 351 g/mol. The minimum Gasteiger partial charge on any atom is -0.339 e. The van der Waals surface area contributed by atoms with Crippen LogP contribution in [0.5, 0.6) is 0 Å². The Morgan fingerprint density at radius 1 is 1.28 bits per heavy atom. The highest BCUT2D eigenvalue weighted by Crippen LogP contribution is 2.27. The molecule has 1 atom stereocenters. The molecule has 1 unspecified atom stereocenters. The SMILES string of the molecule is CC(NC(=O)c1cn(-c2ccccc2)cn1)c1nc(C(F)(F)F)no1. The lowest BCUT2D eigenvalue weighted by molar-refractivity contribution is -0.146. The first-order valence-electron chi connectivity index (χ1n) is 7.15. The number of alkyl halides is 3. The van der Waals surface area contributed by atoms with Gasteiger partial charge in [-0.1, -0.05) is 23.4 Å². The van der Waals surface area contributed by atoms with Crippen LogP contribution in [-0.4, -0.2) is 25.6 Å². The van der Waals surface area contributed by atoms with Gasteiger partial charge >= 0.3 is 6.18 Å². The molecule has 3 rings (SSSR count). The number of imidazole rings is 1. The van der Waals surface area contributed by atoms with Gasteiger partial charge in [-0.2, -0.15) is 18.2 Å². The average molecular weight is 351 g/mol. The number of aromatic nitrogens is 4. The molecule has 0 saturated carbocycles. The van der Waals surface area contributed by atoms with Gasteiger partial charge in [0.05, 0.1) is 0 Å². The molecule has 10 heteroatoms. The summed E-state index contributed by atoms with van der Waals surface area (Å²) in [7, 11) is 0. The zero-order valence-corrected chi connectivity index (χ0v) is 12.9. The Balaban J connectivity index is 1.70. The van der Waals surface area contributed by atoms with E-state index in [1.165, 1.54) is 19.4 Å². The maximum atomic E-state index is 12.5. The Morgan fingerprint density at radius 3 is 2.64 bits per heavy atom. The van der Waals surface area contributed by atoms with Crippen molar-refractivity contribution in [2.45, 2.75) is 19.1 Å². The number of amides is 1. The molecule has 2 heterocycles. The van der Waals surface area contributed by atoms with Gasteiger partial charge in [0.25, 0.3) is 11.7 Å². The Hall–Kier alpha value is -3.17. The molecule has 3 aromatic rings. The zero-order valence-electron chi connectivity index (χ0n) is 12.9. The van der Waals surface area contributed by atoms with Crippen LogP contribution in [0.1, 0.15) is 35.2 Å². The van der Waals surface area contributed by atoms with Crippen molar-refractivity contribution in [2.75, 3.05) is 0 Å². The molecule has 2 aromatic heterocycles. The number of halogens is 3. The second kappa shape index (κ2) is 6.38. The molecule has 0 saturated heterocycles. The number of benzene rings is 1. The Kier molecular flexibility index (Phi) is 4.26. The van der Waals surface area contributed by atoms with E-state index in [9.17, 15) is 18.0 Å². The number of carbonyl (C=O) groups is 1. The third-order valence-corrected chi connectivity index (χ3v) is 3.28. The van der Waals surface area contributed by atoms with Crippen molar-refractivity contribution in [2.24, 2.45) is 0 Å². The summed E-state index contributed by atoms with van der Waals surface area (Å²) < 4.78 is 43.6. The lowest BCUT2D eigenvalue weighted by Crippen LogP contribution is -2.27. The van der Waals surface area contributed by atoms with Crippen LogP contribution in [0, 0.1) is 0 Å². The molecule has 25 heavy (non-hydrogen) atoms. The van der Waals surface area contributed by atoms with Crippen LogP contribution in [0.25, 0.3) is 5.69 Å². The molecule has 0 spiro atoms. The highest BCUT2D eigenvalue weighted by atomic mass is 19.4. The molecule has 0 bridgehead atoms. The van der Waals surface area contributed by atoms with Crippen LogP contribution >= 0.6 is 0 Å². The summed E-state index contributed by atoms with van der Waals surface area (Å²) in [6.45, 7) is 1.43. The van der Waals surface area contributed by atoms with Crippen molar-refractivity contribution < 1.29 is 22.5 Å². The van der Waals surface area contributed by atoms with Gasteiger partial charge in [-0.05, 0) is 19.1 Å². The van der Waals surface area contributed by atoms with Gasteiger partial charge in [0, 0.05) is 11.9 Å². The first kappa shape index (κ1) is 16.7. The van der Waals surface area contributed by atoms with Gasteiger partial charge < -0.3 is 14.4 Å². The zero-order chi connectivity index (χ0) is 18.0. The fraction of sp³-hybridized carbons (Fsp3) is 0.200. The predicted octanol–water partition coefficient (Wildman–Crippen LogP) is 2.77. The van der Waals surface area contributed by atoms with E-state index in [4.69, 9.17) is 0 Å². The van der Waals surface area contributed by atoms with Gasteiger partial charge in [0.15, 0.2) is 0 Å². The predicted molar refractivity (Wildman–Crippen MR) is 78.7 cm³/mol. The van der Waals surface area contributed by atoms with Crippen molar-refractivity contribution in [3.05, 3.63) is 60.3 Å². The van der Waals surface area contributed by atoms with Crippen molar-refractivity contribution in [3.63, 3.8) is 0 Å². The molecular weight excluding hydrogens is 339 g/mol. The second-order valence-corrected chi connectivity index (χ2v) is 5.15. The summed E-state index contributed by atoms with van der Waals surface area (Å²) in [4.78, 5) is 19.4. The maximum absolute atomic E-state index is 12.5. The Labute approximate surface area is 139 Å². The lowest BCUT2D eigenvalue weighted by Gasteiger charge is -2.07. The van der Waals surface area contributed by atoms with E-state index in [0.29, 0.717) is 0 Å². The fourth-order valence-corrected chi connectivity index (χ4v) is 2.04. The van der Waals surface area contributed by atoms with E-state index in [2.05, 4.69) is 25.0 Å². The third-order valence-electron chi connectivity index (χ3n) is 3.28. The van der Waals surface area contributed by atoms with E-state index < -0.39 is 23.9 Å². The minimum absolute atomic E-state index is 0.103. The molecule has 0 aliphatic carbocycles. The van der Waals surface area contributed by atoms with Gasteiger partial charge in [0.2, 0.25) is 5.89 Å². The standard InChI is InChI=1S/C15H12F3N5O2/c1-9(13-21-14(22-25-13)15(16,17)18)20-12(24)11-7-23(8-19-11)10-5-3-2-4-6-10/h2-9H,1H3,(H,20,24). The summed E-state index contributed by atoms with van der Waals surface area (Å²) >= 11 is 0. The van der Waals surface area contributed by atoms with Crippen LogP contribution in [-0.2, 0) is 6.18 Å². The Bertz CT molecular complexity index is 873. The van der Waals surface area contributed by atoms with E-state index in [1.54, 1.807) is 4.57 Å². The van der Waals surface area contributed by atoms with Gasteiger partial charge in [-0.15, -0.1) is 0 Å². The van der Waals surface area contributed by atoms with Crippen LogP contribution < -0.4 is 5.32 Å². The number of para-hydroxylation sites is 1. The van der Waals surface area contributed by atoms with Crippen molar-refractivity contribution in [3.8, 4) is 5.69 Å². The topological polar surface area (TPSA) is 85.8 Å². The van der Waals surface area contributed by atoms with Gasteiger partial charge in [-0.25, -0.2) is 4.98 Å². The van der Waals surface area contributed by atoms with Crippen molar-refractivity contribution in [1.82, 2.24) is 25.0 Å². The second-order valence-electron chi connectivity index (χ2n) is 5.15. The van der Waals surface area contributed by atoms with E-state index in [1.807, 2.05) is 30.3 Å². The van der Waals surface area contributed by atoms with Crippen LogP contribution in [0.2, 0.25) is 0 Å². The van der Waals surface area contributed by atoms with Crippen molar-refractivity contribution >= 4 is 5.91 Å². The molecule has 0 aliphatic heterocycles. The quantitative estimate of drug-likeness (QED) is 0.781. The average Bonchev–Trinajstić information content (AvgIpc) is 3.25. The molecule has 0 aliphatic rings. The number of carbonyl (C=O) groups excluding carboxylic acids is 1. The van der Waals surface area contributed by atoms with Crippen LogP contribution in [0.3, 0.4) is 0 Å². The number of nitrogens with one attached hydrogen (secondary N) is 1. The molecule has 1 amide bonds. The summed E-state index contributed by atoms with van der Waals surface area (Å²) in [5.41, 5.74) is 0.917. The van der Waals surface area contributed by atoms with Gasteiger partial charge in [-0.3, -0.25) is 4.79 Å². The van der Waals surface area contributed by atoms with E-state index in [0.717, 1.165) is 5.69 Å². The van der Waals surface area contributed by atoms with E-state index in [-0.39, 0.29) is 11.6 Å². The fourth-order valence-electron chi connectivity index (χ4n) is 2.04. The molecule has 0 fully saturated rings. The smallest absolute Gasteiger partial charge is 0.339 e. The molecular formula is C15H12F3N5O2. The molecule has 1 aromatic carbocycles. The molecule has 7 nitrogen and oxygen atoms in total. The molecule has 130 valence electrons. The van der Waals surface area contributed by atoms with E-state index >= 15 is 0 Å². The lowest BCUT2D eigenvalue weighted by atomic mass is 10.3.